The normalized spacial score (nSPS) is 12.8. The van der Waals surface area contributed by atoms with Gasteiger partial charge in [-0.15, -0.1) is 6.58 Å². The molecule has 0 aliphatic rings. The van der Waals surface area contributed by atoms with Gasteiger partial charge in [0, 0.05) is 19.1 Å². The Morgan fingerprint density at radius 2 is 2.31 bits per heavy atom. The number of nitrogens with one attached hydrogen (secondary N) is 1. The van der Waals surface area contributed by atoms with Crippen molar-refractivity contribution in [3.05, 3.63) is 29.1 Å². The molecule has 1 aromatic rings. The minimum absolute atomic E-state index is 0.411. The number of rotatable bonds is 6. The molecule has 0 saturated carbocycles. The van der Waals surface area contributed by atoms with Crippen LogP contribution in [0.4, 0.5) is 0 Å². The van der Waals surface area contributed by atoms with Gasteiger partial charge in [-0.25, -0.2) is 0 Å². The molecule has 0 spiro atoms. The van der Waals surface area contributed by atoms with E-state index in [1.807, 2.05) is 17.7 Å². The first kappa shape index (κ1) is 13.3. The lowest BCUT2D eigenvalue weighted by molar-refractivity contribution is 0.519. The minimum Gasteiger partial charge on any atom is -0.308 e. The van der Waals surface area contributed by atoms with Crippen LogP contribution >= 0.6 is 11.6 Å². The minimum atomic E-state index is 0.411. The molecule has 0 aromatic carbocycles. The Bertz CT molecular complexity index is 357. The molecule has 0 bridgehead atoms. The summed E-state index contributed by atoms with van der Waals surface area (Å²) in [5.74, 6) is 0. The fraction of sp³-hybridized carbons (Fsp3) is 0.583. The number of nitrogens with zero attached hydrogens (tertiary/aromatic N) is 2. The second-order valence-electron chi connectivity index (χ2n) is 3.97. The summed E-state index contributed by atoms with van der Waals surface area (Å²) in [6.07, 6.45) is 2.87. The number of aryl methyl sites for hydroxylation is 2. The second-order valence-corrected chi connectivity index (χ2v) is 4.35. The van der Waals surface area contributed by atoms with E-state index in [4.69, 9.17) is 11.6 Å². The van der Waals surface area contributed by atoms with Crippen LogP contribution in [0.1, 0.15) is 31.7 Å². The summed E-state index contributed by atoms with van der Waals surface area (Å²) in [6.45, 7) is 11.5. The molecule has 0 fully saturated rings. The Labute approximate surface area is 102 Å². The number of hydrogen-bond acceptors (Lipinski definition) is 2. The number of aromatic nitrogens is 2. The average Bonchev–Trinajstić information content (AvgIpc) is 2.53. The summed E-state index contributed by atoms with van der Waals surface area (Å²) in [6, 6.07) is 0.411. The van der Waals surface area contributed by atoms with Crippen molar-refractivity contribution in [3.8, 4) is 0 Å². The third-order valence-corrected chi connectivity index (χ3v) is 3.08. The first-order valence-corrected chi connectivity index (χ1v) is 6.04. The maximum absolute atomic E-state index is 6.21. The van der Waals surface area contributed by atoms with Crippen LogP contribution in [0.3, 0.4) is 0 Å². The first-order valence-electron chi connectivity index (χ1n) is 5.66. The molecule has 0 radical (unpaired) electrons. The van der Waals surface area contributed by atoms with Crippen molar-refractivity contribution in [1.29, 1.82) is 0 Å². The van der Waals surface area contributed by atoms with E-state index in [1.54, 1.807) is 0 Å². The molecule has 0 aliphatic carbocycles. The lowest BCUT2D eigenvalue weighted by Gasteiger charge is -2.12. The highest BCUT2D eigenvalue weighted by Gasteiger charge is 2.12. The van der Waals surface area contributed by atoms with Crippen LogP contribution in [0.2, 0.25) is 5.02 Å². The van der Waals surface area contributed by atoms with Crippen LogP contribution in [-0.2, 0) is 13.1 Å². The third-order valence-electron chi connectivity index (χ3n) is 2.59. The molecule has 1 rings (SSSR count). The monoisotopic (exact) mass is 241 g/mol. The van der Waals surface area contributed by atoms with E-state index in [0.29, 0.717) is 6.04 Å². The maximum Gasteiger partial charge on any atom is 0.0860 e. The SMILES string of the molecule is C=CCC(C)NCc1c(Cl)c(C)nn1CC. The summed E-state index contributed by atoms with van der Waals surface area (Å²) in [5, 5.41) is 8.57. The Morgan fingerprint density at radius 3 is 2.88 bits per heavy atom. The van der Waals surface area contributed by atoms with Crippen molar-refractivity contribution in [2.45, 2.75) is 46.3 Å². The molecule has 0 amide bonds. The zero-order valence-corrected chi connectivity index (χ0v) is 11.0. The van der Waals surface area contributed by atoms with Crippen molar-refractivity contribution in [1.82, 2.24) is 15.1 Å². The van der Waals surface area contributed by atoms with E-state index in [2.05, 4.69) is 30.8 Å². The number of halogens is 1. The number of hydrogen-bond donors (Lipinski definition) is 1. The van der Waals surface area contributed by atoms with Gasteiger partial charge < -0.3 is 5.32 Å². The Hall–Kier alpha value is -0.800. The Morgan fingerprint density at radius 1 is 1.62 bits per heavy atom. The van der Waals surface area contributed by atoms with E-state index in [-0.39, 0.29) is 0 Å². The third kappa shape index (κ3) is 3.09. The second kappa shape index (κ2) is 6.06. The van der Waals surface area contributed by atoms with Gasteiger partial charge in [-0.3, -0.25) is 4.68 Å². The summed E-state index contributed by atoms with van der Waals surface area (Å²) >= 11 is 6.21. The van der Waals surface area contributed by atoms with Gasteiger partial charge in [0.1, 0.15) is 0 Å². The summed E-state index contributed by atoms with van der Waals surface area (Å²) < 4.78 is 1.95. The molecule has 16 heavy (non-hydrogen) atoms. The van der Waals surface area contributed by atoms with E-state index in [1.165, 1.54) is 0 Å². The van der Waals surface area contributed by atoms with Gasteiger partial charge in [0.15, 0.2) is 0 Å². The van der Waals surface area contributed by atoms with Gasteiger partial charge >= 0.3 is 0 Å². The predicted molar refractivity (Wildman–Crippen MR) is 68.8 cm³/mol. The fourth-order valence-corrected chi connectivity index (χ4v) is 1.84. The zero-order chi connectivity index (χ0) is 12.1. The van der Waals surface area contributed by atoms with E-state index < -0.39 is 0 Å². The van der Waals surface area contributed by atoms with Gasteiger partial charge in [0.25, 0.3) is 0 Å². The highest BCUT2D eigenvalue weighted by Crippen LogP contribution is 2.20. The van der Waals surface area contributed by atoms with Gasteiger partial charge in [-0.05, 0) is 27.2 Å². The van der Waals surface area contributed by atoms with Crippen molar-refractivity contribution >= 4 is 11.6 Å². The summed E-state index contributed by atoms with van der Waals surface area (Å²) in [7, 11) is 0. The van der Waals surface area contributed by atoms with Gasteiger partial charge in [-0.1, -0.05) is 17.7 Å². The van der Waals surface area contributed by atoms with Crippen LogP contribution in [0.25, 0.3) is 0 Å². The Kier molecular flexibility index (Phi) is 5.03. The zero-order valence-electron chi connectivity index (χ0n) is 10.3. The van der Waals surface area contributed by atoms with Gasteiger partial charge in [0.05, 0.1) is 16.4 Å². The molecule has 3 nitrogen and oxygen atoms in total. The van der Waals surface area contributed by atoms with Crippen LogP contribution in [0.5, 0.6) is 0 Å². The van der Waals surface area contributed by atoms with Crippen molar-refractivity contribution in [3.63, 3.8) is 0 Å². The topological polar surface area (TPSA) is 29.9 Å². The maximum atomic E-state index is 6.21. The van der Waals surface area contributed by atoms with E-state index in [9.17, 15) is 0 Å². The lowest BCUT2D eigenvalue weighted by atomic mass is 10.2. The molecule has 90 valence electrons. The largest absolute Gasteiger partial charge is 0.308 e. The summed E-state index contributed by atoms with van der Waals surface area (Å²) in [4.78, 5) is 0. The molecular formula is C12H20ClN3. The fourth-order valence-electron chi connectivity index (χ4n) is 1.64. The van der Waals surface area contributed by atoms with Crippen LogP contribution in [0, 0.1) is 6.92 Å². The molecule has 1 atom stereocenters. The molecular weight excluding hydrogens is 222 g/mol. The lowest BCUT2D eigenvalue weighted by Crippen LogP contribution is -2.26. The molecule has 1 aromatic heterocycles. The van der Waals surface area contributed by atoms with Gasteiger partial charge in [0.2, 0.25) is 0 Å². The average molecular weight is 242 g/mol. The van der Waals surface area contributed by atoms with Crippen molar-refractivity contribution in [2.24, 2.45) is 0 Å². The van der Waals surface area contributed by atoms with E-state index >= 15 is 0 Å². The highest BCUT2D eigenvalue weighted by atomic mass is 35.5. The standard InChI is InChI=1S/C12H20ClN3/c1-5-7-9(3)14-8-11-12(13)10(4)15-16(11)6-2/h5,9,14H,1,6-8H2,2-4H3. The quantitative estimate of drug-likeness (QED) is 0.777. The van der Waals surface area contributed by atoms with Crippen LogP contribution in [-0.4, -0.2) is 15.8 Å². The van der Waals surface area contributed by atoms with Crippen molar-refractivity contribution in [2.75, 3.05) is 0 Å². The predicted octanol–water partition coefficient (Wildman–Crippen LogP) is 2.92. The summed E-state index contributed by atoms with van der Waals surface area (Å²) in [5.41, 5.74) is 1.97. The highest BCUT2D eigenvalue weighted by molar-refractivity contribution is 6.31. The molecule has 1 N–H and O–H groups in total. The molecule has 1 heterocycles. The molecule has 4 heteroatoms. The van der Waals surface area contributed by atoms with Crippen molar-refractivity contribution < 1.29 is 0 Å². The van der Waals surface area contributed by atoms with Crippen LogP contribution in [0.15, 0.2) is 12.7 Å². The smallest absolute Gasteiger partial charge is 0.0860 e. The molecule has 0 aliphatic heterocycles. The van der Waals surface area contributed by atoms with Crippen LogP contribution < -0.4 is 5.32 Å². The first-order chi connectivity index (χ1) is 7.60. The Balaban J connectivity index is 2.68. The molecule has 1 unspecified atom stereocenters. The van der Waals surface area contributed by atoms with E-state index in [0.717, 1.165) is 35.9 Å². The molecule has 0 saturated heterocycles. The van der Waals surface area contributed by atoms with Gasteiger partial charge in [-0.2, -0.15) is 5.10 Å².